The van der Waals surface area contributed by atoms with Gasteiger partial charge in [-0.25, -0.2) is 9.59 Å². The topological polar surface area (TPSA) is 84.9 Å². The minimum Gasteiger partial charge on any atom is -0.479 e. The molecule has 0 aliphatic rings. The van der Waals surface area contributed by atoms with Crippen LogP contribution in [0.3, 0.4) is 0 Å². The normalized spacial score (nSPS) is 12.6. The Morgan fingerprint density at radius 3 is 2.50 bits per heavy atom. The van der Waals surface area contributed by atoms with Crippen LogP contribution in [0.5, 0.6) is 0 Å². The second-order valence-electron chi connectivity index (χ2n) is 5.70. The second kappa shape index (κ2) is 7.47. The zero-order valence-corrected chi connectivity index (χ0v) is 13.7. The number of rotatable bonds is 5. The molecule has 0 saturated carbocycles. The first-order valence-corrected chi connectivity index (χ1v) is 7.04. The predicted molar refractivity (Wildman–Crippen MR) is 83.4 cm³/mol. The zero-order chi connectivity index (χ0) is 16.9. The molecule has 0 bridgehead atoms. The van der Waals surface area contributed by atoms with E-state index < -0.39 is 23.8 Å². The van der Waals surface area contributed by atoms with Crippen molar-refractivity contribution in [2.24, 2.45) is 0 Å². The average molecular weight is 330 g/mol. The Morgan fingerprint density at radius 1 is 1.36 bits per heavy atom. The lowest BCUT2D eigenvalue weighted by atomic mass is 10.1. The summed E-state index contributed by atoms with van der Waals surface area (Å²) < 4.78 is 10.1. The van der Waals surface area contributed by atoms with E-state index in [2.05, 4.69) is 5.32 Å². The smallest absolute Gasteiger partial charge is 0.412 e. The van der Waals surface area contributed by atoms with Gasteiger partial charge in [-0.05, 0) is 44.5 Å². The van der Waals surface area contributed by atoms with Crippen LogP contribution in [0.1, 0.15) is 26.3 Å². The minimum absolute atomic E-state index is 0.0670. The van der Waals surface area contributed by atoms with Crippen LogP contribution in [0.2, 0.25) is 5.02 Å². The van der Waals surface area contributed by atoms with E-state index in [0.717, 1.165) is 0 Å². The summed E-state index contributed by atoms with van der Waals surface area (Å²) in [5.41, 5.74) is 0.349. The SMILES string of the molecule is COC(Cc1cc(Cl)ccc1NC(=O)OC(C)(C)C)C(=O)O. The Labute approximate surface area is 134 Å². The number of halogens is 1. The molecule has 0 aromatic heterocycles. The Hall–Kier alpha value is -1.79. The molecule has 0 aliphatic carbocycles. The third-order valence-electron chi connectivity index (χ3n) is 2.67. The van der Waals surface area contributed by atoms with Crippen LogP contribution in [0.25, 0.3) is 0 Å². The Bertz CT molecular complexity index is 553. The molecule has 122 valence electrons. The monoisotopic (exact) mass is 329 g/mol. The minimum atomic E-state index is -1.09. The van der Waals surface area contributed by atoms with Crippen molar-refractivity contribution in [2.45, 2.75) is 38.9 Å². The van der Waals surface area contributed by atoms with E-state index in [1.807, 2.05) is 0 Å². The summed E-state index contributed by atoms with van der Waals surface area (Å²) in [4.78, 5) is 22.9. The van der Waals surface area contributed by atoms with Gasteiger partial charge in [0.05, 0.1) is 0 Å². The number of anilines is 1. The number of carbonyl (C=O) groups excluding carboxylic acids is 1. The fourth-order valence-electron chi connectivity index (χ4n) is 1.74. The van der Waals surface area contributed by atoms with E-state index in [9.17, 15) is 9.59 Å². The molecule has 0 radical (unpaired) electrons. The second-order valence-corrected chi connectivity index (χ2v) is 6.13. The van der Waals surface area contributed by atoms with Gasteiger partial charge in [0.1, 0.15) is 5.60 Å². The predicted octanol–water partition coefficient (Wildman–Crippen LogP) is 3.33. The fourth-order valence-corrected chi connectivity index (χ4v) is 1.93. The number of ether oxygens (including phenoxy) is 2. The maximum Gasteiger partial charge on any atom is 0.412 e. The van der Waals surface area contributed by atoms with Crippen molar-refractivity contribution in [3.8, 4) is 0 Å². The molecular weight excluding hydrogens is 310 g/mol. The van der Waals surface area contributed by atoms with E-state index in [1.165, 1.54) is 7.11 Å². The highest BCUT2D eigenvalue weighted by molar-refractivity contribution is 6.30. The van der Waals surface area contributed by atoms with Crippen LogP contribution in [0, 0.1) is 0 Å². The number of hydrogen-bond acceptors (Lipinski definition) is 4. The summed E-state index contributed by atoms with van der Waals surface area (Å²) in [5, 5.41) is 12.1. The highest BCUT2D eigenvalue weighted by Crippen LogP contribution is 2.23. The van der Waals surface area contributed by atoms with Gasteiger partial charge in [0.2, 0.25) is 0 Å². The van der Waals surface area contributed by atoms with Crippen molar-refractivity contribution in [1.29, 1.82) is 0 Å². The molecule has 0 heterocycles. The summed E-state index contributed by atoms with van der Waals surface area (Å²) in [6.45, 7) is 5.25. The number of carbonyl (C=O) groups is 2. The van der Waals surface area contributed by atoms with E-state index in [0.29, 0.717) is 16.3 Å². The molecule has 0 saturated heterocycles. The summed E-state index contributed by atoms with van der Waals surface area (Å²) in [5.74, 6) is -1.09. The molecule has 0 spiro atoms. The molecule has 1 rings (SSSR count). The van der Waals surface area contributed by atoms with Crippen LogP contribution >= 0.6 is 11.6 Å². The van der Waals surface area contributed by atoms with E-state index >= 15 is 0 Å². The summed E-state index contributed by atoms with van der Waals surface area (Å²) >= 11 is 5.93. The molecule has 1 aromatic rings. The van der Waals surface area contributed by atoms with Crippen molar-refractivity contribution >= 4 is 29.4 Å². The number of methoxy groups -OCH3 is 1. The van der Waals surface area contributed by atoms with Gasteiger partial charge in [-0.3, -0.25) is 5.32 Å². The van der Waals surface area contributed by atoms with Crippen LogP contribution in [0.4, 0.5) is 10.5 Å². The molecule has 22 heavy (non-hydrogen) atoms. The van der Waals surface area contributed by atoms with Crippen molar-refractivity contribution in [3.05, 3.63) is 28.8 Å². The molecule has 7 heteroatoms. The molecule has 1 atom stereocenters. The highest BCUT2D eigenvalue weighted by atomic mass is 35.5. The number of nitrogens with one attached hydrogen (secondary N) is 1. The lowest BCUT2D eigenvalue weighted by Gasteiger charge is -2.21. The molecular formula is C15H20ClNO5. The Balaban J connectivity index is 2.95. The highest BCUT2D eigenvalue weighted by Gasteiger charge is 2.21. The summed E-state index contributed by atoms with van der Waals surface area (Å²) in [6.07, 6.45) is -1.59. The van der Waals surface area contributed by atoms with Crippen LogP contribution in [-0.4, -0.2) is 36.0 Å². The number of benzene rings is 1. The van der Waals surface area contributed by atoms with Gasteiger partial charge < -0.3 is 14.6 Å². The summed E-state index contributed by atoms with van der Waals surface area (Å²) in [6, 6.07) is 4.78. The summed E-state index contributed by atoms with van der Waals surface area (Å²) in [7, 11) is 1.31. The third-order valence-corrected chi connectivity index (χ3v) is 2.90. The first-order chi connectivity index (χ1) is 10.1. The Morgan fingerprint density at radius 2 is 2.00 bits per heavy atom. The molecule has 1 aromatic carbocycles. The van der Waals surface area contributed by atoms with Gasteiger partial charge in [-0.15, -0.1) is 0 Å². The van der Waals surface area contributed by atoms with E-state index in [-0.39, 0.29) is 6.42 Å². The third kappa shape index (κ3) is 5.91. The lowest BCUT2D eigenvalue weighted by molar-refractivity contribution is -0.148. The van der Waals surface area contributed by atoms with Crippen LogP contribution in [0.15, 0.2) is 18.2 Å². The van der Waals surface area contributed by atoms with E-state index in [4.69, 9.17) is 26.2 Å². The van der Waals surface area contributed by atoms with Crippen molar-refractivity contribution < 1.29 is 24.2 Å². The number of carboxylic acids is 1. The largest absolute Gasteiger partial charge is 0.479 e. The van der Waals surface area contributed by atoms with Gasteiger partial charge in [-0.2, -0.15) is 0 Å². The molecule has 1 unspecified atom stereocenters. The van der Waals surface area contributed by atoms with Gasteiger partial charge in [0.15, 0.2) is 6.10 Å². The first-order valence-electron chi connectivity index (χ1n) is 6.66. The van der Waals surface area contributed by atoms with Crippen molar-refractivity contribution in [1.82, 2.24) is 0 Å². The average Bonchev–Trinajstić information content (AvgIpc) is 2.36. The van der Waals surface area contributed by atoms with Crippen LogP contribution in [-0.2, 0) is 20.7 Å². The van der Waals surface area contributed by atoms with Gasteiger partial charge in [-0.1, -0.05) is 11.6 Å². The molecule has 0 fully saturated rings. The maximum absolute atomic E-state index is 11.8. The van der Waals surface area contributed by atoms with Crippen LogP contribution < -0.4 is 5.32 Å². The molecule has 0 aliphatic heterocycles. The number of hydrogen-bond donors (Lipinski definition) is 2. The molecule has 6 nitrogen and oxygen atoms in total. The maximum atomic E-state index is 11.8. The zero-order valence-electron chi connectivity index (χ0n) is 13.0. The fraction of sp³-hybridized carbons (Fsp3) is 0.467. The number of aliphatic carboxylic acids is 1. The van der Waals surface area contributed by atoms with E-state index in [1.54, 1.807) is 39.0 Å². The molecule has 2 N–H and O–H groups in total. The number of carboxylic acid groups (broad SMARTS) is 1. The number of amides is 1. The standard InChI is InChI=1S/C15H20ClNO5/c1-15(2,3)22-14(20)17-11-6-5-10(16)7-9(11)8-12(21-4)13(18)19/h5-7,12H,8H2,1-4H3,(H,17,20)(H,18,19). The first kappa shape index (κ1) is 18.3. The van der Waals surface area contributed by atoms with Gasteiger partial charge >= 0.3 is 12.1 Å². The van der Waals surface area contributed by atoms with Gasteiger partial charge in [0.25, 0.3) is 0 Å². The lowest BCUT2D eigenvalue weighted by Crippen LogP contribution is -2.28. The quantitative estimate of drug-likeness (QED) is 0.865. The Kier molecular flexibility index (Phi) is 6.20. The van der Waals surface area contributed by atoms with Crippen molar-refractivity contribution in [2.75, 3.05) is 12.4 Å². The van der Waals surface area contributed by atoms with Crippen molar-refractivity contribution in [3.63, 3.8) is 0 Å². The van der Waals surface area contributed by atoms with Gasteiger partial charge in [0, 0.05) is 24.2 Å². The molecule has 1 amide bonds.